The lowest BCUT2D eigenvalue weighted by molar-refractivity contribution is 0.566. The van der Waals surface area contributed by atoms with Crippen molar-refractivity contribution in [1.82, 2.24) is 25.1 Å². The van der Waals surface area contributed by atoms with Gasteiger partial charge in [0.2, 0.25) is 0 Å². The molecule has 9 heteroatoms. The number of nitrogens with one attached hydrogen (secondary N) is 3. The molecule has 30 heavy (non-hydrogen) atoms. The SMILES string of the molecule is Cc1nc(Nc2cc(-c3ccncc3)[nH]n2)cc(NC(C)c2ccc(F)cc2F)n1. The van der Waals surface area contributed by atoms with Gasteiger partial charge in [-0.1, -0.05) is 6.07 Å². The van der Waals surface area contributed by atoms with Gasteiger partial charge in [-0.05, 0) is 32.0 Å². The van der Waals surface area contributed by atoms with Crippen molar-refractivity contribution in [2.75, 3.05) is 10.6 Å². The summed E-state index contributed by atoms with van der Waals surface area (Å²) in [5, 5.41) is 13.5. The highest BCUT2D eigenvalue weighted by Crippen LogP contribution is 2.25. The van der Waals surface area contributed by atoms with Crippen molar-refractivity contribution in [3.63, 3.8) is 0 Å². The van der Waals surface area contributed by atoms with Gasteiger partial charge >= 0.3 is 0 Å². The van der Waals surface area contributed by atoms with E-state index in [4.69, 9.17) is 0 Å². The van der Waals surface area contributed by atoms with Crippen LogP contribution >= 0.6 is 0 Å². The number of pyridine rings is 1. The molecule has 7 nitrogen and oxygen atoms in total. The largest absolute Gasteiger partial charge is 0.363 e. The molecule has 3 heterocycles. The quantitative estimate of drug-likeness (QED) is 0.427. The average Bonchev–Trinajstić information content (AvgIpc) is 3.16. The predicted molar refractivity (Wildman–Crippen MR) is 110 cm³/mol. The van der Waals surface area contributed by atoms with Crippen LogP contribution in [0.1, 0.15) is 24.4 Å². The lowest BCUT2D eigenvalue weighted by atomic mass is 10.1. The van der Waals surface area contributed by atoms with Gasteiger partial charge in [-0.2, -0.15) is 5.10 Å². The van der Waals surface area contributed by atoms with Crippen molar-refractivity contribution in [3.8, 4) is 11.3 Å². The lowest BCUT2D eigenvalue weighted by Gasteiger charge is -2.16. The van der Waals surface area contributed by atoms with Gasteiger partial charge in [0, 0.05) is 41.7 Å². The molecular formula is C21H19F2N7. The third kappa shape index (κ3) is 4.40. The highest BCUT2D eigenvalue weighted by molar-refractivity contribution is 5.65. The van der Waals surface area contributed by atoms with Crippen LogP contribution in [0.3, 0.4) is 0 Å². The van der Waals surface area contributed by atoms with E-state index in [0.717, 1.165) is 17.3 Å². The molecule has 4 aromatic rings. The topological polar surface area (TPSA) is 91.4 Å². The summed E-state index contributed by atoms with van der Waals surface area (Å²) >= 11 is 0. The molecule has 3 N–H and O–H groups in total. The van der Waals surface area contributed by atoms with Crippen LogP contribution in [0.2, 0.25) is 0 Å². The van der Waals surface area contributed by atoms with E-state index in [9.17, 15) is 8.78 Å². The van der Waals surface area contributed by atoms with Crippen LogP contribution < -0.4 is 10.6 Å². The molecule has 0 aliphatic carbocycles. The molecule has 3 aromatic heterocycles. The highest BCUT2D eigenvalue weighted by Gasteiger charge is 2.13. The van der Waals surface area contributed by atoms with Crippen molar-refractivity contribution >= 4 is 17.5 Å². The summed E-state index contributed by atoms with van der Waals surface area (Å²) in [7, 11) is 0. The Morgan fingerprint density at radius 1 is 0.933 bits per heavy atom. The Morgan fingerprint density at radius 2 is 1.70 bits per heavy atom. The third-order valence-corrected chi connectivity index (χ3v) is 4.46. The Bertz CT molecular complexity index is 1160. The van der Waals surface area contributed by atoms with Gasteiger partial charge in [-0.3, -0.25) is 10.1 Å². The Balaban J connectivity index is 1.51. The van der Waals surface area contributed by atoms with E-state index < -0.39 is 17.7 Å². The molecule has 152 valence electrons. The van der Waals surface area contributed by atoms with E-state index in [1.807, 2.05) is 18.2 Å². The third-order valence-electron chi connectivity index (χ3n) is 4.46. The maximum absolute atomic E-state index is 14.1. The van der Waals surface area contributed by atoms with E-state index in [1.54, 1.807) is 32.3 Å². The fourth-order valence-corrected chi connectivity index (χ4v) is 3.05. The lowest BCUT2D eigenvalue weighted by Crippen LogP contribution is -2.11. The minimum absolute atomic E-state index is 0.344. The summed E-state index contributed by atoms with van der Waals surface area (Å²) in [4.78, 5) is 12.7. The van der Waals surface area contributed by atoms with E-state index >= 15 is 0 Å². The van der Waals surface area contributed by atoms with Gasteiger partial charge in [0.1, 0.15) is 29.1 Å². The number of hydrogen-bond donors (Lipinski definition) is 3. The highest BCUT2D eigenvalue weighted by atomic mass is 19.1. The molecule has 0 aliphatic rings. The Kier molecular flexibility index (Phi) is 5.34. The van der Waals surface area contributed by atoms with E-state index in [1.165, 1.54) is 12.1 Å². The number of rotatable bonds is 6. The molecule has 1 aromatic carbocycles. The van der Waals surface area contributed by atoms with Crippen LogP contribution in [0.25, 0.3) is 11.3 Å². The average molecular weight is 407 g/mol. The molecular weight excluding hydrogens is 388 g/mol. The van der Waals surface area contributed by atoms with Crippen molar-refractivity contribution in [2.45, 2.75) is 19.9 Å². The number of nitrogens with zero attached hydrogens (tertiary/aromatic N) is 4. The first-order valence-electron chi connectivity index (χ1n) is 9.28. The first kappa shape index (κ1) is 19.4. The molecule has 4 rings (SSSR count). The summed E-state index contributed by atoms with van der Waals surface area (Å²) in [5.74, 6) is 0.926. The zero-order valence-corrected chi connectivity index (χ0v) is 16.3. The van der Waals surface area contributed by atoms with Gasteiger partial charge in [-0.15, -0.1) is 0 Å². The van der Waals surface area contributed by atoms with Crippen LogP contribution in [0.5, 0.6) is 0 Å². The second-order valence-electron chi connectivity index (χ2n) is 6.75. The smallest absolute Gasteiger partial charge is 0.153 e. The van der Waals surface area contributed by atoms with Crippen LogP contribution in [0.15, 0.2) is 54.9 Å². The fraction of sp³-hybridized carbons (Fsp3) is 0.143. The number of anilines is 3. The number of benzene rings is 1. The van der Waals surface area contributed by atoms with Gasteiger partial charge in [0.15, 0.2) is 5.82 Å². The molecule has 0 fully saturated rings. The number of aromatic nitrogens is 5. The number of hydrogen-bond acceptors (Lipinski definition) is 6. The minimum atomic E-state index is -0.613. The van der Waals surface area contributed by atoms with Crippen molar-refractivity contribution in [1.29, 1.82) is 0 Å². The molecule has 0 saturated carbocycles. The molecule has 0 saturated heterocycles. The summed E-state index contributed by atoms with van der Waals surface area (Å²) in [6.45, 7) is 3.53. The van der Waals surface area contributed by atoms with Crippen LogP contribution in [-0.4, -0.2) is 25.1 Å². The second kappa shape index (κ2) is 8.24. The van der Waals surface area contributed by atoms with Crippen LogP contribution in [0.4, 0.5) is 26.2 Å². The Morgan fingerprint density at radius 3 is 2.47 bits per heavy atom. The molecule has 0 bridgehead atoms. The predicted octanol–water partition coefficient (Wildman–Crippen LogP) is 4.77. The van der Waals surface area contributed by atoms with E-state index in [0.29, 0.717) is 28.8 Å². The zero-order chi connectivity index (χ0) is 21.1. The fourth-order valence-electron chi connectivity index (χ4n) is 3.05. The number of aryl methyl sites for hydroxylation is 1. The summed E-state index contributed by atoms with van der Waals surface area (Å²) in [6.07, 6.45) is 3.42. The van der Waals surface area contributed by atoms with Gasteiger partial charge in [0.05, 0.1) is 11.7 Å². The Hall–Kier alpha value is -3.88. The van der Waals surface area contributed by atoms with Crippen molar-refractivity contribution in [2.24, 2.45) is 0 Å². The van der Waals surface area contributed by atoms with Crippen LogP contribution in [0, 0.1) is 18.6 Å². The summed E-state index contributed by atoms with van der Waals surface area (Å²) in [5.41, 5.74) is 2.14. The minimum Gasteiger partial charge on any atom is -0.363 e. The molecule has 1 atom stereocenters. The normalized spacial score (nSPS) is 11.9. The molecule has 0 amide bonds. The Labute approximate surface area is 171 Å². The molecule has 0 spiro atoms. The summed E-state index contributed by atoms with van der Waals surface area (Å²) < 4.78 is 27.2. The first-order chi connectivity index (χ1) is 14.5. The van der Waals surface area contributed by atoms with Crippen LogP contribution in [-0.2, 0) is 0 Å². The van der Waals surface area contributed by atoms with Gasteiger partial charge in [0.25, 0.3) is 0 Å². The van der Waals surface area contributed by atoms with Crippen molar-refractivity contribution in [3.05, 3.63) is 77.9 Å². The molecule has 0 aliphatic heterocycles. The summed E-state index contributed by atoms with van der Waals surface area (Å²) in [6, 6.07) is 10.4. The van der Waals surface area contributed by atoms with Crippen molar-refractivity contribution < 1.29 is 8.78 Å². The van der Waals surface area contributed by atoms with Gasteiger partial charge < -0.3 is 10.6 Å². The standard InChI is InChI=1S/C21H19F2N7/c1-12(16-4-3-15(22)9-17(16)23)25-19-11-20(27-13(2)26-19)28-21-10-18(29-30-21)14-5-7-24-8-6-14/h3-12H,1-2H3,(H3,25,26,27,28,29,30). The van der Waals surface area contributed by atoms with E-state index in [-0.39, 0.29) is 0 Å². The number of H-pyrrole nitrogens is 1. The molecule has 1 unspecified atom stereocenters. The zero-order valence-electron chi connectivity index (χ0n) is 16.3. The number of halogens is 2. The second-order valence-corrected chi connectivity index (χ2v) is 6.75. The van der Waals surface area contributed by atoms with Gasteiger partial charge in [-0.25, -0.2) is 18.7 Å². The maximum atomic E-state index is 14.1. The number of aromatic amines is 1. The first-order valence-corrected chi connectivity index (χ1v) is 9.28. The maximum Gasteiger partial charge on any atom is 0.153 e. The monoisotopic (exact) mass is 407 g/mol. The van der Waals surface area contributed by atoms with E-state index in [2.05, 4.69) is 35.8 Å². The molecule has 0 radical (unpaired) electrons.